The van der Waals surface area contributed by atoms with Gasteiger partial charge in [0.2, 0.25) is 11.8 Å². The highest BCUT2D eigenvalue weighted by Crippen LogP contribution is 2.30. The molecule has 0 aromatic carbocycles. The van der Waals surface area contributed by atoms with E-state index in [0.717, 1.165) is 0 Å². The van der Waals surface area contributed by atoms with E-state index < -0.39 is 11.2 Å². The Morgan fingerprint density at radius 2 is 1.93 bits per heavy atom. The van der Waals surface area contributed by atoms with Crippen molar-refractivity contribution in [1.82, 2.24) is 10.2 Å². The van der Waals surface area contributed by atoms with E-state index >= 15 is 0 Å². The molecule has 0 atom stereocenters. The second kappa shape index (κ2) is 2.83. The maximum Gasteiger partial charge on any atom is 0.248 e. The van der Waals surface area contributed by atoms with Crippen molar-refractivity contribution in [3.63, 3.8) is 0 Å². The molecule has 1 rings (SSSR count). The van der Waals surface area contributed by atoms with Gasteiger partial charge < -0.3 is 10.2 Å². The van der Waals surface area contributed by atoms with E-state index in [9.17, 15) is 9.59 Å². The number of carbonyl (C=O) groups excluding carboxylic acids is 2. The van der Waals surface area contributed by atoms with Gasteiger partial charge in [-0.25, -0.2) is 0 Å². The minimum Gasteiger partial charge on any atom is -0.332 e. The van der Waals surface area contributed by atoms with Gasteiger partial charge in [0.05, 0.1) is 0 Å². The third-order valence-corrected chi connectivity index (χ3v) is 2.49. The molecule has 1 N–H and O–H groups in total. The molecular formula is C10H16N2O2. The van der Waals surface area contributed by atoms with Crippen molar-refractivity contribution in [2.75, 3.05) is 0 Å². The summed E-state index contributed by atoms with van der Waals surface area (Å²) in [6, 6.07) is 0. The Morgan fingerprint density at radius 3 is 2.21 bits per heavy atom. The lowest BCUT2D eigenvalue weighted by atomic mass is 10.0. The predicted octanol–water partition coefficient (Wildman–Crippen LogP) is 0.645. The maximum absolute atomic E-state index is 11.6. The Balaban J connectivity index is 3.17. The van der Waals surface area contributed by atoms with E-state index in [1.165, 1.54) is 11.0 Å². The molecule has 0 aromatic heterocycles. The monoisotopic (exact) mass is 196 g/mol. The van der Waals surface area contributed by atoms with Crippen LogP contribution in [0.5, 0.6) is 0 Å². The average Bonchev–Trinajstić information content (AvgIpc) is 2.16. The molecule has 1 aliphatic heterocycles. The summed E-state index contributed by atoms with van der Waals surface area (Å²) in [5.41, 5.74) is -1.46. The predicted molar refractivity (Wildman–Crippen MR) is 53.3 cm³/mol. The maximum atomic E-state index is 11.6. The van der Waals surface area contributed by atoms with Gasteiger partial charge in [-0.3, -0.25) is 9.59 Å². The molecule has 0 aromatic rings. The fraction of sp³-hybridized carbons (Fsp3) is 0.600. The van der Waals surface area contributed by atoms with Crippen LogP contribution in [0.4, 0.5) is 0 Å². The number of nitrogens with one attached hydrogen (secondary N) is 1. The van der Waals surface area contributed by atoms with Gasteiger partial charge in [0.15, 0.2) is 0 Å². The van der Waals surface area contributed by atoms with Crippen molar-refractivity contribution in [3.05, 3.63) is 12.7 Å². The molecule has 14 heavy (non-hydrogen) atoms. The quantitative estimate of drug-likeness (QED) is 0.626. The molecule has 0 saturated carbocycles. The number of rotatable bonds is 1. The zero-order valence-corrected chi connectivity index (χ0v) is 9.05. The molecule has 4 nitrogen and oxygen atoms in total. The second-order valence-electron chi connectivity index (χ2n) is 4.45. The van der Waals surface area contributed by atoms with Crippen LogP contribution >= 0.6 is 0 Å². The Labute approximate surface area is 84.0 Å². The summed E-state index contributed by atoms with van der Waals surface area (Å²) < 4.78 is 0. The van der Waals surface area contributed by atoms with E-state index in [1.807, 2.05) is 0 Å². The lowest BCUT2D eigenvalue weighted by Crippen LogP contribution is -2.54. The molecule has 78 valence electrons. The number of amides is 2. The molecule has 1 heterocycles. The van der Waals surface area contributed by atoms with Gasteiger partial charge in [-0.2, -0.15) is 0 Å². The van der Waals surface area contributed by atoms with Gasteiger partial charge in [0.25, 0.3) is 0 Å². The fourth-order valence-corrected chi connectivity index (χ4v) is 1.93. The molecule has 1 saturated heterocycles. The fourth-order valence-electron chi connectivity index (χ4n) is 1.93. The molecule has 0 aliphatic carbocycles. The average molecular weight is 196 g/mol. The van der Waals surface area contributed by atoms with E-state index in [4.69, 9.17) is 0 Å². The first kappa shape index (κ1) is 10.8. The summed E-state index contributed by atoms with van der Waals surface area (Å²) in [4.78, 5) is 24.7. The normalized spacial score (nSPS) is 23.1. The van der Waals surface area contributed by atoms with Gasteiger partial charge in [-0.1, -0.05) is 6.58 Å². The molecule has 0 spiro atoms. The summed E-state index contributed by atoms with van der Waals surface area (Å²) >= 11 is 0. The van der Waals surface area contributed by atoms with Crippen LogP contribution in [0.1, 0.15) is 27.7 Å². The van der Waals surface area contributed by atoms with Gasteiger partial charge in [-0.05, 0) is 33.8 Å². The van der Waals surface area contributed by atoms with E-state index in [2.05, 4.69) is 11.9 Å². The smallest absolute Gasteiger partial charge is 0.248 e. The lowest BCUT2D eigenvalue weighted by molar-refractivity contribution is -0.138. The summed E-state index contributed by atoms with van der Waals surface area (Å²) in [5, 5.41) is 2.77. The minimum absolute atomic E-state index is 0.141. The first-order valence-electron chi connectivity index (χ1n) is 4.53. The summed E-state index contributed by atoms with van der Waals surface area (Å²) in [6.07, 6.45) is 1.23. The number of hydrogen-bond donors (Lipinski definition) is 1. The van der Waals surface area contributed by atoms with Crippen molar-refractivity contribution >= 4 is 11.8 Å². The molecule has 0 unspecified atom stereocenters. The van der Waals surface area contributed by atoms with Crippen LogP contribution in [0.2, 0.25) is 0 Å². The molecule has 1 aliphatic rings. The molecule has 1 fully saturated rings. The molecule has 2 amide bonds. The summed E-state index contributed by atoms with van der Waals surface area (Å²) in [6.45, 7) is 10.5. The molecular weight excluding hydrogens is 180 g/mol. The number of hydrogen-bond acceptors (Lipinski definition) is 2. The Hall–Kier alpha value is -1.32. The third-order valence-electron chi connectivity index (χ3n) is 2.49. The topological polar surface area (TPSA) is 49.4 Å². The summed E-state index contributed by atoms with van der Waals surface area (Å²) in [5.74, 6) is -0.379. The van der Waals surface area contributed by atoms with Crippen LogP contribution in [-0.4, -0.2) is 27.9 Å². The van der Waals surface area contributed by atoms with Crippen LogP contribution in [0, 0.1) is 0 Å². The minimum atomic E-state index is -0.811. The van der Waals surface area contributed by atoms with Crippen LogP contribution in [-0.2, 0) is 9.59 Å². The van der Waals surface area contributed by atoms with Crippen molar-refractivity contribution < 1.29 is 9.59 Å². The zero-order chi connectivity index (χ0) is 11.1. The highest BCUT2D eigenvalue weighted by atomic mass is 16.2. The molecule has 0 bridgehead atoms. The Kier molecular flexibility index (Phi) is 2.18. The lowest BCUT2D eigenvalue weighted by Gasteiger charge is -2.36. The number of nitrogens with zero attached hydrogens (tertiary/aromatic N) is 1. The van der Waals surface area contributed by atoms with Gasteiger partial charge in [0.1, 0.15) is 11.2 Å². The Bertz CT molecular complexity index is 305. The molecule has 0 radical (unpaired) electrons. The number of carbonyl (C=O) groups is 2. The van der Waals surface area contributed by atoms with Crippen LogP contribution < -0.4 is 5.32 Å². The highest BCUT2D eigenvalue weighted by Gasteiger charge is 2.52. The van der Waals surface area contributed by atoms with Crippen LogP contribution in [0.15, 0.2) is 12.7 Å². The van der Waals surface area contributed by atoms with Gasteiger partial charge in [0, 0.05) is 0 Å². The molecule has 4 heteroatoms. The van der Waals surface area contributed by atoms with Crippen molar-refractivity contribution in [3.8, 4) is 0 Å². The summed E-state index contributed by atoms with van der Waals surface area (Å²) in [7, 11) is 0. The van der Waals surface area contributed by atoms with Crippen LogP contribution in [0.3, 0.4) is 0 Å². The standard InChI is InChI=1S/C10H16N2O2/c1-6-7(13)12-9(2,3)8(14)11-10(12,4)5/h6H,1H2,2-5H3,(H,11,14). The van der Waals surface area contributed by atoms with Gasteiger partial charge >= 0.3 is 0 Å². The first-order chi connectivity index (χ1) is 6.23. The first-order valence-corrected chi connectivity index (χ1v) is 4.53. The zero-order valence-electron chi connectivity index (χ0n) is 9.05. The van der Waals surface area contributed by atoms with E-state index in [-0.39, 0.29) is 11.8 Å². The third kappa shape index (κ3) is 1.31. The van der Waals surface area contributed by atoms with Crippen molar-refractivity contribution in [2.45, 2.75) is 38.9 Å². The van der Waals surface area contributed by atoms with Crippen molar-refractivity contribution in [1.29, 1.82) is 0 Å². The van der Waals surface area contributed by atoms with E-state index in [0.29, 0.717) is 0 Å². The van der Waals surface area contributed by atoms with Gasteiger partial charge in [-0.15, -0.1) is 0 Å². The van der Waals surface area contributed by atoms with Crippen LogP contribution in [0.25, 0.3) is 0 Å². The SMILES string of the molecule is C=CC(=O)N1C(C)(C)NC(=O)C1(C)C. The largest absolute Gasteiger partial charge is 0.332 e. The highest BCUT2D eigenvalue weighted by molar-refractivity contribution is 5.98. The Morgan fingerprint density at radius 1 is 1.43 bits per heavy atom. The second-order valence-corrected chi connectivity index (χ2v) is 4.45. The van der Waals surface area contributed by atoms with E-state index in [1.54, 1.807) is 27.7 Å². The van der Waals surface area contributed by atoms with Crippen molar-refractivity contribution in [2.24, 2.45) is 0 Å².